The van der Waals surface area contributed by atoms with E-state index in [0.717, 1.165) is 5.56 Å². The van der Waals surface area contributed by atoms with Crippen molar-refractivity contribution >= 4 is 11.9 Å². The first kappa shape index (κ1) is 15.0. The maximum absolute atomic E-state index is 11.8. The zero-order valence-electron chi connectivity index (χ0n) is 11.4. The van der Waals surface area contributed by atoms with Crippen molar-refractivity contribution in [2.45, 2.75) is 26.3 Å². The maximum Gasteiger partial charge on any atom is 0.305 e. The average Bonchev–Trinajstić information content (AvgIpc) is 2.34. The van der Waals surface area contributed by atoms with Crippen LogP contribution in [0.4, 0.5) is 0 Å². The number of carbonyl (C=O) groups is 2. The van der Waals surface area contributed by atoms with E-state index in [1.165, 1.54) is 4.90 Å². The van der Waals surface area contributed by atoms with Gasteiger partial charge in [0.1, 0.15) is 5.75 Å². The summed E-state index contributed by atoms with van der Waals surface area (Å²) in [4.78, 5) is 23.8. The number of amides is 1. The predicted octanol–water partition coefficient (Wildman–Crippen LogP) is 1.70. The number of hydrogen-bond acceptors (Lipinski definition) is 3. The van der Waals surface area contributed by atoms with E-state index in [9.17, 15) is 9.59 Å². The van der Waals surface area contributed by atoms with Gasteiger partial charge in [-0.2, -0.15) is 0 Å². The molecule has 0 saturated carbocycles. The van der Waals surface area contributed by atoms with Gasteiger partial charge in [-0.25, -0.2) is 0 Å². The minimum Gasteiger partial charge on any atom is -0.484 e. The van der Waals surface area contributed by atoms with Crippen molar-refractivity contribution in [3.63, 3.8) is 0 Å². The standard InChI is InChI=1S/C14H19NO4/c1-10-5-4-6-12(7-10)19-9-13(16)15(3)11(2)8-14(17)18/h4-7,11H,8-9H2,1-3H3,(H,17,18). The molecule has 0 radical (unpaired) electrons. The fourth-order valence-corrected chi connectivity index (χ4v) is 1.59. The molecule has 0 saturated heterocycles. The summed E-state index contributed by atoms with van der Waals surface area (Å²) in [5, 5.41) is 8.68. The van der Waals surface area contributed by atoms with Crippen LogP contribution in [0.25, 0.3) is 0 Å². The summed E-state index contributed by atoms with van der Waals surface area (Å²) < 4.78 is 5.39. The number of carboxylic acid groups (broad SMARTS) is 1. The number of aryl methyl sites for hydroxylation is 1. The van der Waals surface area contributed by atoms with Crippen molar-refractivity contribution in [3.8, 4) is 5.75 Å². The summed E-state index contributed by atoms with van der Waals surface area (Å²) in [5.74, 6) is -0.533. The molecule has 0 aliphatic rings. The Morgan fingerprint density at radius 1 is 1.42 bits per heavy atom. The van der Waals surface area contributed by atoms with Crippen molar-refractivity contribution in [3.05, 3.63) is 29.8 Å². The third-order valence-corrected chi connectivity index (χ3v) is 2.88. The van der Waals surface area contributed by atoms with Gasteiger partial charge in [0.25, 0.3) is 5.91 Å². The highest BCUT2D eigenvalue weighted by Gasteiger charge is 2.18. The van der Waals surface area contributed by atoms with Crippen LogP contribution in [0.2, 0.25) is 0 Å². The zero-order chi connectivity index (χ0) is 14.4. The van der Waals surface area contributed by atoms with Gasteiger partial charge in [0.05, 0.1) is 6.42 Å². The monoisotopic (exact) mass is 265 g/mol. The minimum atomic E-state index is -0.924. The smallest absolute Gasteiger partial charge is 0.305 e. The van der Waals surface area contributed by atoms with E-state index < -0.39 is 5.97 Å². The molecule has 1 unspecified atom stereocenters. The lowest BCUT2D eigenvalue weighted by molar-refractivity contribution is -0.140. The van der Waals surface area contributed by atoms with Crippen molar-refractivity contribution < 1.29 is 19.4 Å². The molecule has 0 spiro atoms. The third-order valence-electron chi connectivity index (χ3n) is 2.88. The number of ether oxygens (including phenoxy) is 1. The molecule has 1 atom stereocenters. The van der Waals surface area contributed by atoms with Crippen molar-refractivity contribution in [2.24, 2.45) is 0 Å². The number of rotatable bonds is 6. The van der Waals surface area contributed by atoms with Crippen LogP contribution in [-0.2, 0) is 9.59 Å². The van der Waals surface area contributed by atoms with E-state index in [0.29, 0.717) is 5.75 Å². The zero-order valence-corrected chi connectivity index (χ0v) is 11.4. The Bertz CT molecular complexity index is 459. The van der Waals surface area contributed by atoms with Crippen LogP contribution < -0.4 is 4.74 Å². The van der Waals surface area contributed by atoms with Gasteiger partial charge in [-0.05, 0) is 31.5 Å². The fourth-order valence-electron chi connectivity index (χ4n) is 1.59. The SMILES string of the molecule is Cc1cccc(OCC(=O)N(C)C(C)CC(=O)O)c1. The predicted molar refractivity (Wildman–Crippen MR) is 71.2 cm³/mol. The van der Waals surface area contributed by atoms with Crippen LogP contribution >= 0.6 is 0 Å². The van der Waals surface area contributed by atoms with Crippen molar-refractivity contribution in [1.29, 1.82) is 0 Å². The summed E-state index contributed by atoms with van der Waals surface area (Å²) >= 11 is 0. The Morgan fingerprint density at radius 3 is 2.68 bits per heavy atom. The maximum atomic E-state index is 11.8. The largest absolute Gasteiger partial charge is 0.484 e. The van der Waals surface area contributed by atoms with Gasteiger partial charge in [-0.1, -0.05) is 12.1 Å². The molecule has 19 heavy (non-hydrogen) atoms. The quantitative estimate of drug-likeness (QED) is 0.850. The van der Waals surface area contributed by atoms with Crippen LogP contribution in [0.1, 0.15) is 18.9 Å². The number of hydrogen-bond donors (Lipinski definition) is 1. The lowest BCUT2D eigenvalue weighted by atomic mass is 10.2. The molecule has 0 aromatic heterocycles. The molecule has 1 aromatic rings. The van der Waals surface area contributed by atoms with Gasteiger partial charge in [-0.3, -0.25) is 9.59 Å². The van der Waals surface area contributed by atoms with E-state index in [4.69, 9.17) is 9.84 Å². The number of likely N-dealkylation sites (N-methyl/N-ethyl adjacent to an activating group) is 1. The molecule has 5 heteroatoms. The third kappa shape index (κ3) is 4.99. The van der Waals surface area contributed by atoms with E-state index in [2.05, 4.69) is 0 Å². The van der Waals surface area contributed by atoms with Crippen LogP contribution in [0.15, 0.2) is 24.3 Å². The fraction of sp³-hybridized carbons (Fsp3) is 0.429. The first-order valence-electron chi connectivity index (χ1n) is 6.07. The molecule has 0 heterocycles. The minimum absolute atomic E-state index is 0.0767. The summed E-state index contributed by atoms with van der Waals surface area (Å²) in [7, 11) is 1.58. The highest BCUT2D eigenvalue weighted by molar-refractivity contribution is 5.78. The normalized spacial score (nSPS) is 11.7. The Morgan fingerprint density at radius 2 is 2.11 bits per heavy atom. The molecule has 1 rings (SSSR count). The van der Waals surface area contributed by atoms with Gasteiger partial charge >= 0.3 is 5.97 Å². The molecule has 0 aliphatic heterocycles. The van der Waals surface area contributed by atoms with Gasteiger partial charge in [0.15, 0.2) is 6.61 Å². The Labute approximate surface area is 112 Å². The van der Waals surface area contributed by atoms with Gasteiger partial charge in [-0.15, -0.1) is 0 Å². The Kier molecular flexibility index (Phi) is 5.36. The van der Waals surface area contributed by atoms with Crippen molar-refractivity contribution in [2.75, 3.05) is 13.7 Å². The second-order valence-electron chi connectivity index (χ2n) is 4.56. The summed E-state index contributed by atoms with van der Waals surface area (Å²) in [6.07, 6.45) is -0.0767. The first-order valence-corrected chi connectivity index (χ1v) is 6.07. The highest BCUT2D eigenvalue weighted by Crippen LogP contribution is 2.12. The van der Waals surface area contributed by atoms with E-state index in [1.54, 1.807) is 20.0 Å². The van der Waals surface area contributed by atoms with Gasteiger partial charge in [0.2, 0.25) is 0 Å². The lowest BCUT2D eigenvalue weighted by Crippen LogP contribution is -2.39. The molecule has 0 bridgehead atoms. The molecule has 0 aliphatic carbocycles. The van der Waals surface area contributed by atoms with Crippen LogP contribution in [0, 0.1) is 6.92 Å². The molecule has 1 aromatic carbocycles. The molecule has 0 fully saturated rings. The summed E-state index contributed by atoms with van der Waals surface area (Å²) in [6.45, 7) is 3.54. The lowest BCUT2D eigenvalue weighted by Gasteiger charge is -2.23. The second-order valence-corrected chi connectivity index (χ2v) is 4.56. The average molecular weight is 265 g/mol. The first-order chi connectivity index (χ1) is 8.90. The molecule has 104 valence electrons. The van der Waals surface area contributed by atoms with E-state index in [1.807, 2.05) is 25.1 Å². The van der Waals surface area contributed by atoms with E-state index >= 15 is 0 Å². The number of benzene rings is 1. The van der Waals surface area contributed by atoms with Crippen molar-refractivity contribution in [1.82, 2.24) is 4.90 Å². The molecular weight excluding hydrogens is 246 g/mol. The van der Waals surface area contributed by atoms with Gasteiger partial charge < -0.3 is 14.7 Å². The number of nitrogens with zero attached hydrogens (tertiary/aromatic N) is 1. The summed E-state index contributed by atoms with van der Waals surface area (Å²) in [5.41, 5.74) is 1.05. The Balaban J connectivity index is 2.48. The second kappa shape index (κ2) is 6.78. The van der Waals surface area contributed by atoms with Crippen LogP contribution in [-0.4, -0.2) is 41.6 Å². The van der Waals surface area contributed by atoms with Gasteiger partial charge in [0, 0.05) is 13.1 Å². The number of carboxylic acids is 1. The molecular formula is C14H19NO4. The Hall–Kier alpha value is -2.04. The molecule has 1 N–H and O–H groups in total. The van der Waals surface area contributed by atoms with E-state index in [-0.39, 0.29) is 25.0 Å². The van der Waals surface area contributed by atoms with Crippen LogP contribution in [0.5, 0.6) is 5.75 Å². The molecule has 5 nitrogen and oxygen atoms in total. The summed E-state index contributed by atoms with van der Waals surface area (Å²) in [6, 6.07) is 7.06. The molecule has 1 amide bonds. The number of carbonyl (C=O) groups excluding carboxylic acids is 1. The van der Waals surface area contributed by atoms with Crippen LogP contribution in [0.3, 0.4) is 0 Å². The highest BCUT2D eigenvalue weighted by atomic mass is 16.5. The number of aliphatic carboxylic acids is 1. The topological polar surface area (TPSA) is 66.8 Å².